The minimum Gasteiger partial charge on any atom is -0.341 e. The van der Waals surface area contributed by atoms with Crippen LogP contribution in [0, 0.1) is 5.82 Å². The standard InChI is InChI=1S/C16H23FN2O3S/c1-2-23(21,22)19-11-5-10-18(12-13-19)16(20)9-8-14-6-3-4-7-15(14)17/h3-4,6-7H,2,5,8-13H2,1H3. The second-order valence-electron chi connectivity index (χ2n) is 5.63. The molecule has 1 aromatic rings. The van der Waals surface area contributed by atoms with Crippen LogP contribution < -0.4 is 0 Å². The van der Waals surface area contributed by atoms with E-state index in [0.717, 1.165) is 0 Å². The maximum atomic E-state index is 13.6. The molecule has 23 heavy (non-hydrogen) atoms. The Morgan fingerprint density at radius 1 is 1.17 bits per heavy atom. The summed E-state index contributed by atoms with van der Waals surface area (Å²) in [5.41, 5.74) is 0.533. The first-order valence-electron chi connectivity index (χ1n) is 7.93. The Hall–Kier alpha value is -1.47. The zero-order chi connectivity index (χ0) is 16.9. The molecule has 1 fully saturated rings. The fraction of sp³-hybridized carbons (Fsp3) is 0.562. The maximum Gasteiger partial charge on any atom is 0.222 e. The quantitative estimate of drug-likeness (QED) is 0.817. The molecule has 0 unspecified atom stereocenters. The topological polar surface area (TPSA) is 57.7 Å². The van der Waals surface area contributed by atoms with Crippen LogP contribution in [-0.4, -0.2) is 55.5 Å². The number of amides is 1. The van der Waals surface area contributed by atoms with Crippen LogP contribution in [0.4, 0.5) is 4.39 Å². The van der Waals surface area contributed by atoms with Gasteiger partial charge in [-0.3, -0.25) is 4.79 Å². The van der Waals surface area contributed by atoms with Crippen LogP contribution in [0.3, 0.4) is 0 Å². The van der Waals surface area contributed by atoms with Crippen LogP contribution in [0.15, 0.2) is 24.3 Å². The second-order valence-corrected chi connectivity index (χ2v) is 7.88. The molecule has 2 rings (SSSR count). The van der Waals surface area contributed by atoms with E-state index in [4.69, 9.17) is 0 Å². The smallest absolute Gasteiger partial charge is 0.222 e. The summed E-state index contributed by atoms with van der Waals surface area (Å²) in [5.74, 6) is -0.269. The molecule has 0 aromatic heterocycles. The fourth-order valence-electron chi connectivity index (χ4n) is 2.70. The van der Waals surface area contributed by atoms with Crippen LogP contribution in [0.1, 0.15) is 25.3 Å². The van der Waals surface area contributed by atoms with Crippen LogP contribution in [0.5, 0.6) is 0 Å². The number of sulfonamides is 1. The Morgan fingerprint density at radius 2 is 1.91 bits per heavy atom. The summed E-state index contributed by atoms with van der Waals surface area (Å²) >= 11 is 0. The largest absolute Gasteiger partial charge is 0.341 e. The van der Waals surface area contributed by atoms with Gasteiger partial charge in [0.1, 0.15) is 5.82 Å². The summed E-state index contributed by atoms with van der Waals surface area (Å²) in [5, 5.41) is 0. The third kappa shape index (κ3) is 4.75. The number of carbonyl (C=O) groups excluding carboxylic acids is 1. The zero-order valence-electron chi connectivity index (χ0n) is 13.4. The number of halogens is 1. The molecule has 5 nitrogen and oxygen atoms in total. The number of carbonyl (C=O) groups is 1. The number of rotatable bonds is 5. The molecule has 128 valence electrons. The minimum absolute atomic E-state index is 0.0519. The molecule has 0 atom stereocenters. The Bertz CT molecular complexity index is 648. The third-order valence-electron chi connectivity index (χ3n) is 4.13. The highest BCUT2D eigenvalue weighted by Gasteiger charge is 2.25. The molecule has 1 aromatic carbocycles. The Balaban J connectivity index is 1.90. The predicted molar refractivity (Wildman–Crippen MR) is 87.0 cm³/mol. The van der Waals surface area contributed by atoms with E-state index in [0.29, 0.717) is 44.6 Å². The number of nitrogens with zero attached hydrogens (tertiary/aromatic N) is 2. The van der Waals surface area contributed by atoms with Gasteiger partial charge in [-0.1, -0.05) is 18.2 Å². The summed E-state index contributed by atoms with van der Waals surface area (Å²) in [6.45, 7) is 3.35. The van der Waals surface area contributed by atoms with Crippen molar-refractivity contribution in [3.8, 4) is 0 Å². The van der Waals surface area contributed by atoms with Crippen molar-refractivity contribution >= 4 is 15.9 Å². The van der Waals surface area contributed by atoms with Crippen molar-refractivity contribution in [1.29, 1.82) is 0 Å². The summed E-state index contributed by atoms with van der Waals surface area (Å²) in [6, 6.07) is 6.44. The van der Waals surface area contributed by atoms with Gasteiger partial charge >= 0.3 is 0 Å². The van der Waals surface area contributed by atoms with E-state index >= 15 is 0 Å². The van der Waals surface area contributed by atoms with Crippen molar-refractivity contribution in [2.24, 2.45) is 0 Å². The van der Waals surface area contributed by atoms with Gasteiger partial charge < -0.3 is 4.90 Å². The predicted octanol–water partition coefficient (Wildman–Crippen LogP) is 1.64. The molecule has 1 heterocycles. The van der Waals surface area contributed by atoms with E-state index in [1.54, 1.807) is 30.0 Å². The molecule has 0 bridgehead atoms. The van der Waals surface area contributed by atoms with E-state index in [1.807, 2.05) is 0 Å². The molecule has 7 heteroatoms. The van der Waals surface area contributed by atoms with Crippen molar-refractivity contribution < 1.29 is 17.6 Å². The third-order valence-corrected chi connectivity index (χ3v) is 6.01. The molecule has 1 saturated heterocycles. The number of aryl methyl sites for hydroxylation is 1. The van der Waals surface area contributed by atoms with E-state index < -0.39 is 10.0 Å². The first-order valence-corrected chi connectivity index (χ1v) is 9.54. The molecule has 1 aliphatic rings. The van der Waals surface area contributed by atoms with Crippen molar-refractivity contribution in [3.05, 3.63) is 35.6 Å². The zero-order valence-corrected chi connectivity index (χ0v) is 14.2. The lowest BCUT2D eigenvalue weighted by molar-refractivity contribution is -0.131. The van der Waals surface area contributed by atoms with Gasteiger partial charge in [0, 0.05) is 32.6 Å². The Kier molecular flexibility index (Phi) is 6.12. The van der Waals surface area contributed by atoms with E-state index in [9.17, 15) is 17.6 Å². The highest BCUT2D eigenvalue weighted by molar-refractivity contribution is 7.89. The van der Waals surface area contributed by atoms with Gasteiger partial charge in [0.2, 0.25) is 15.9 Å². The average molecular weight is 342 g/mol. The van der Waals surface area contributed by atoms with Crippen LogP contribution in [-0.2, 0) is 21.2 Å². The lowest BCUT2D eigenvalue weighted by Crippen LogP contribution is -2.38. The van der Waals surface area contributed by atoms with Crippen LogP contribution in [0.25, 0.3) is 0 Å². The van der Waals surface area contributed by atoms with Crippen LogP contribution in [0.2, 0.25) is 0 Å². The van der Waals surface area contributed by atoms with Gasteiger partial charge in [0.15, 0.2) is 0 Å². The van der Waals surface area contributed by atoms with Gasteiger partial charge in [-0.05, 0) is 31.4 Å². The second kappa shape index (κ2) is 7.88. The highest BCUT2D eigenvalue weighted by atomic mass is 32.2. The lowest BCUT2D eigenvalue weighted by atomic mass is 10.1. The highest BCUT2D eigenvalue weighted by Crippen LogP contribution is 2.13. The number of hydrogen-bond donors (Lipinski definition) is 0. The normalized spacial score (nSPS) is 17.0. The molecular formula is C16H23FN2O3S. The first-order chi connectivity index (χ1) is 10.9. The molecule has 1 amide bonds. The first kappa shape index (κ1) is 17.9. The van der Waals surface area contributed by atoms with Crippen molar-refractivity contribution in [2.75, 3.05) is 31.9 Å². The monoisotopic (exact) mass is 342 g/mol. The minimum atomic E-state index is -3.21. The summed E-state index contributed by atoms with van der Waals surface area (Å²) in [7, 11) is -3.21. The molecule has 1 aliphatic heterocycles. The van der Waals surface area contributed by atoms with Gasteiger partial charge in [0.05, 0.1) is 5.75 Å². The lowest BCUT2D eigenvalue weighted by Gasteiger charge is -2.21. The van der Waals surface area contributed by atoms with Crippen molar-refractivity contribution in [2.45, 2.75) is 26.2 Å². The summed E-state index contributed by atoms with van der Waals surface area (Å²) in [4.78, 5) is 14.0. The summed E-state index contributed by atoms with van der Waals surface area (Å²) < 4.78 is 38.9. The average Bonchev–Trinajstić information content (AvgIpc) is 2.80. The Labute approximate surface area is 137 Å². The van der Waals surface area contributed by atoms with E-state index in [2.05, 4.69) is 0 Å². The molecule has 0 radical (unpaired) electrons. The van der Waals surface area contributed by atoms with Gasteiger partial charge in [-0.15, -0.1) is 0 Å². The Morgan fingerprint density at radius 3 is 2.61 bits per heavy atom. The van der Waals surface area contributed by atoms with E-state index in [1.165, 1.54) is 10.4 Å². The van der Waals surface area contributed by atoms with Gasteiger partial charge in [0.25, 0.3) is 0 Å². The van der Waals surface area contributed by atoms with Gasteiger partial charge in [-0.2, -0.15) is 0 Å². The maximum absolute atomic E-state index is 13.6. The summed E-state index contributed by atoms with van der Waals surface area (Å²) in [6.07, 6.45) is 1.23. The van der Waals surface area contributed by atoms with Crippen molar-refractivity contribution in [1.82, 2.24) is 9.21 Å². The van der Waals surface area contributed by atoms with Gasteiger partial charge in [-0.25, -0.2) is 17.1 Å². The fourth-order valence-corrected chi connectivity index (χ4v) is 3.84. The van der Waals surface area contributed by atoms with Crippen LogP contribution >= 0.6 is 0 Å². The molecular weight excluding hydrogens is 319 g/mol. The molecule has 0 N–H and O–H groups in total. The number of benzene rings is 1. The van der Waals surface area contributed by atoms with E-state index in [-0.39, 0.29) is 23.9 Å². The SMILES string of the molecule is CCS(=O)(=O)N1CCCN(C(=O)CCc2ccccc2F)CC1. The molecule has 0 aliphatic carbocycles. The molecule has 0 saturated carbocycles. The molecule has 0 spiro atoms. The van der Waals surface area contributed by atoms with Crippen molar-refractivity contribution in [3.63, 3.8) is 0 Å². The number of hydrogen-bond acceptors (Lipinski definition) is 3.